The maximum atomic E-state index is 5.58. The van der Waals surface area contributed by atoms with Gasteiger partial charge in [-0.15, -0.1) is 11.3 Å². The molecule has 16 heavy (non-hydrogen) atoms. The van der Waals surface area contributed by atoms with Crippen molar-refractivity contribution in [2.75, 3.05) is 12.8 Å². The normalized spacial score (nSPS) is 10.3. The van der Waals surface area contributed by atoms with Crippen molar-refractivity contribution in [3.63, 3.8) is 0 Å². The third-order valence-electron chi connectivity index (χ3n) is 2.39. The van der Waals surface area contributed by atoms with Gasteiger partial charge < -0.3 is 10.5 Å². The number of anilines is 1. The zero-order valence-corrected chi connectivity index (χ0v) is 9.96. The lowest BCUT2D eigenvalue weighted by molar-refractivity contribution is 0.414. The molecule has 3 nitrogen and oxygen atoms in total. The third-order valence-corrected chi connectivity index (χ3v) is 3.28. The molecule has 0 fully saturated rings. The van der Waals surface area contributed by atoms with Crippen LogP contribution in [0, 0.1) is 0 Å². The van der Waals surface area contributed by atoms with Crippen LogP contribution in [0.5, 0.6) is 5.75 Å². The van der Waals surface area contributed by atoms with E-state index in [1.165, 1.54) is 10.4 Å². The molecule has 0 radical (unpaired) electrons. The van der Waals surface area contributed by atoms with Crippen LogP contribution in [0.3, 0.4) is 0 Å². The Bertz CT molecular complexity index is 450. The van der Waals surface area contributed by atoms with Crippen molar-refractivity contribution in [3.8, 4) is 5.75 Å². The van der Waals surface area contributed by atoms with Gasteiger partial charge in [-0.25, -0.2) is 4.98 Å². The van der Waals surface area contributed by atoms with Gasteiger partial charge in [-0.1, -0.05) is 12.1 Å². The van der Waals surface area contributed by atoms with Gasteiger partial charge in [0.1, 0.15) is 5.75 Å². The van der Waals surface area contributed by atoms with Crippen LogP contribution in [0.2, 0.25) is 0 Å². The van der Waals surface area contributed by atoms with Gasteiger partial charge in [0.2, 0.25) is 0 Å². The molecule has 0 aliphatic rings. The van der Waals surface area contributed by atoms with Crippen molar-refractivity contribution in [1.82, 2.24) is 4.98 Å². The van der Waals surface area contributed by atoms with Gasteiger partial charge in [-0.2, -0.15) is 0 Å². The number of ether oxygens (including phenoxy) is 1. The molecule has 0 aliphatic heterocycles. The number of aromatic nitrogens is 1. The number of rotatable bonds is 4. The molecule has 0 spiro atoms. The van der Waals surface area contributed by atoms with Crippen molar-refractivity contribution in [3.05, 3.63) is 40.9 Å². The second-order valence-corrected chi connectivity index (χ2v) is 4.66. The van der Waals surface area contributed by atoms with Gasteiger partial charge in [0.25, 0.3) is 0 Å². The quantitative estimate of drug-likeness (QED) is 0.884. The highest BCUT2D eigenvalue weighted by Crippen LogP contribution is 2.18. The predicted octanol–water partition coefficient (Wildman–Crippen LogP) is 2.52. The van der Waals surface area contributed by atoms with E-state index in [9.17, 15) is 0 Å². The van der Waals surface area contributed by atoms with Crippen molar-refractivity contribution in [1.29, 1.82) is 0 Å². The highest BCUT2D eigenvalue weighted by atomic mass is 32.1. The van der Waals surface area contributed by atoms with Crippen molar-refractivity contribution >= 4 is 16.5 Å². The predicted molar refractivity (Wildman–Crippen MR) is 66.9 cm³/mol. The Morgan fingerprint density at radius 3 is 2.56 bits per heavy atom. The molecule has 2 rings (SSSR count). The van der Waals surface area contributed by atoms with E-state index in [4.69, 9.17) is 10.5 Å². The highest BCUT2D eigenvalue weighted by Gasteiger charge is 2.00. The molecular formula is C12H14N2OS. The zero-order chi connectivity index (χ0) is 11.4. The molecule has 2 aromatic rings. The summed E-state index contributed by atoms with van der Waals surface area (Å²) in [7, 11) is 1.68. The maximum absolute atomic E-state index is 5.58. The molecule has 0 atom stereocenters. The minimum Gasteiger partial charge on any atom is -0.497 e. The third kappa shape index (κ3) is 2.73. The monoisotopic (exact) mass is 234 g/mol. The first-order valence-corrected chi connectivity index (χ1v) is 5.92. The maximum Gasteiger partial charge on any atom is 0.180 e. The second-order valence-electron chi connectivity index (χ2n) is 3.51. The van der Waals surface area contributed by atoms with Crippen LogP contribution in [0.15, 0.2) is 30.5 Å². The van der Waals surface area contributed by atoms with Crippen molar-refractivity contribution in [2.45, 2.75) is 12.8 Å². The average molecular weight is 234 g/mol. The summed E-state index contributed by atoms with van der Waals surface area (Å²) in [5, 5.41) is 0.643. The Balaban J connectivity index is 1.94. The van der Waals surface area contributed by atoms with Gasteiger partial charge in [-0.05, 0) is 30.5 Å². The Morgan fingerprint density at radius 1 is 1.25 bits per heavy atom. The van der Waals surface area contributed by atoms with Gasteiger partial charge in [-0.3, -0.25) is 0 Å². The average Bonchev–Trinajstić information content (AvgIpc) is 2.73. The summed E-state index contributed by atoms with van der Waals surface area (Å²) in [4.78, 5) is 5.26. The summed E-state index contributed by atoms with van der Waals surface area (Å²) in [5.41, 5.74) is 6.88. The molecular weight excluding hydrogens is 220 g/mol. The lowest BCUT2D eigenvalue weighted by Crippen LogP contribution is -1.89. The first-order chi connectivity index (χ1) is 7.78. The fraction of sp³-hybridized carbons (Fsp3) is 0.250. The van der Waals surface area contributed by atoms with Crippen molar-refractivity contribution < 1.29 is 4.74 Å². The number of nitrogen functional groups attached to an aromatic ring is 1. The molecule has 0 bridgehead atoms. The first-order valence-electron chi connectivity index (χ1n) is 5.11. The van der Waals surface area contributed by atoms with Crippen molar-refractivity contribution in [2.24, 2.45) is 0 Å². The van der Waals surface area contributed by atoms with E-state index >= 15 is 0 Å². The Hall–Kier alpha value is -1.55. The number of thiazole rings is 1. The van der Waals surface area contributed by atoms with Gasteiger partial charge in [0.05, 0.1) is 7.11 Å². The van der Waals surface area contributed by atoms with Crippen LogP contribution < -0.4 is 10.5 Å². The summed E-state index contributed by atoms with van der Waals surface area (Å²) >= 11 is 1.56. The SMILES string of the molecule is COc1ccc(CCc2cnc(N)s2)cc1. The van der Waals surface area contributed by atoms with E-state index in [2.05, 4.69) is 17.1 Å². The summed E-state index contributed by atoms with van der Waals surface area (Å²) in [6.07, 6.45) is 3.84. The minimum absolute atomic E-state index is 0.643. The molecule has 2 N–H and O–H groups in total. The topological polar surface area (TPSA) is 48.1 Å². The largest absolute Gasteiger partial charge is 0.497 e. The standard InChI is InChI=1S/C12H14N2OS/c1-15-10-5-2-9(3-6-10)4-7-11-8-14-12(13)16-11/h2-3,5-6,8H,4,7H2,1H3,(H2,13,14). The first kappa shape index (κ1) is 11.0. The van der Waals surface area contributed by atoms with E-state index in [0.717, 1.165) is 18.6 Å². The van der Waals surface area contributed by atoms with Gasteiger partial charge in [0.15, 0.2) is 5.13 Å². The molecule has 1 aromatic heterocycles. The van der Waals surface area contributed by atoms with Crippen LogP contribution in [-0.2, 0) is 12.8 Å². The number of benzene rings is 1. The molecule has 84 valence electrons. The Kier molecular flexibility index (Phi) is 3.41. The minimum atomic E-state index is 0.643. The summed E-state index contributed by atoms with van der Waals surface area (Å²) in [6.45, 7) is 0. The zero-order valence-electron chi connectivity index (χ0n) is 9.14. The number of aryl methyl sites for hydroxylation is 2. The molecule has 4 heteroatoms. The van der Waals surface area contributed by atoms with Crippen LogP contribution in [-0.4, -0.2) is 12.1 Å². The van der Waals surface area contributed by atoms with Crippen LogP contribution in [0.1, 0.15) is 10.4 Å². The lowest BCUT2D eigenvalue weighted by atomic mass is 10.1. The van der Waals surface area contributed by atoms with Crippen LogP contribution in [0.25, 0.3) is 0 Å². The van der Waals surface area contributed by atoms with E-state index in [1.54, 1.807) is 18.4 Å². The Labute approximate surface area is 98.9 Å². The molecule has 0 saturated carbocycles. The van der Waals surface area contributed by atoms with Crippen LogP contribution in [0.4, 0.5) is 5.13 Å². The van der Waals surface area contributed by atoms with Gasteiger partial charge in [0, 0.05) is 11.1 Å². The summed E-state index contributed by atoms with van der Waals surface area (Å²) in [6, 6.07) is 8.14. The molecule has 1 aromatic carbocycles. The number of hydrogen-bond acceptors (Lipinski definition) is 4. The molecule has 0 unspecified atom stereocenters. The fourth-order valence-corrected chi connectivity index (χ4v) is 2.18. The lowest BCUT2D eigenvalue weighted by Gasteiger charge is -2.02. The van der Waals surface area contributed by atoms with E-state index in [1.807, 2.05) is 18.3 Å². The summed E-state index contributed by atoms with van der Waals surface area (Å²) < 4.78 is 5.11. The van der Waals surface area contributed by atoms with E-state index in [0.29, 0.717) is 5.13 Å². The molecule has 0 aliphatic carbocycles. The number of nitrogens with two attached hydrogens (primary N) is 1. The number of hydrogen-bond donors (Lipinski definition) is 1. The molecule has 0 saturated heterocycles. The Morgan fingerprint density at radius 2 is 2.00 bits per heavy atom. The molecule has 0 amide bonds. The highest BCUT2D eigenvalue weighted by molar-refractivity contribution is 7.15. The number of methoxy groups -OCH3 is 1. The fourth-order valence-electron chi connectivity index (χ4n) is 1.50. The smallest absolute Gasteiger partial charge is 0.180 e. The van der Waals surface area contributed by atoms with Gasteiger partial charge >= 0.3 is 0 Å². The van der Waals surface area contributed by atoms with Crippen LogP contribution >= 0.6 is 11.3 Å². The van der Waals surface area contributed by atoms with E-state index in [-0.39, 0.29) is 0 Å². The second kappa shape index (κ2) is 4.99. The van der Waals surface area contributed by atoms with E-state index < -0.39 is 0 Å². The summed E-state index contributed by atoms with van der Waals surface area (Å²) in [5.74, 6) is 0.894. The molecule has 1 heterocycles. The number of nitrogens with zero attached hydrogens (tertiary/aromatic N) is 1.